The SMILES string of the molecule is CC[NH+](CC(=O)Nc1ccc(NC(C)=O)cc1)CC(=O)N1CCOCC1. The molecule has 26 heavy (non-hydrogen) atoms. The number of morpholine rings is 1. The molecule has 1 fully saturated rings. The lowest BCUT2D eigenvalue weighted by atomic mass is 10.2. The first kappa shape index (κ1) is 19.9. The zero-order valence-electron chi connectivity index (χ0n) is 15.3. The van der Waals surface area contributed by atoms with Gasteiger partial charge in [-0.2, -0.15) is 0 Å². The molecule has 0 radical (unpaired) electrons. The molecule has 0 aliphatic carbocycles. The Morgan fingerprint density at radius 3 is 2.15 bits per heavy atom. The summed E-state index contributed by atoms with van der Waals surface area (Å²) < 4.78 is 5.25. The maximum Gasteiger partial charge on any atom is 0.279 e. The molecule has 1 aromatic carbocycles. The Morgan fingerprint density at radius 2 is 1.62 bits per heavy atom. The first-order valence-electron chi connectivity index (χ1n) is 8.84. The van der Waals surface area contributed by atoms with Crippen molar-refractivity contribution in [2.45, 2.75) is 13.8 Å². The van der Waals surface area contributed by atoms with E-state index in [4.69, 9.17) is 4.74 Å². The van der Waals surface area contributed by atoms with Gasteiger partial charge in [-0.25, -0.2) is 0 Å². The maximum atomic E-state index is 12.3. The summed E-state index contributed by atoms with van der Waals surface area (Å²) in [6, 6.07) is 6.91. The van der Waals surface area contributed by atoms with Crippen molar-refractivity contribution in [3.63, 3.8) is 0 Å². The van der Waals surface area contributed by atoms with Gasteiger partial charge in [0.15, 0.2) is 13.1 Å². The third-order valence-corrected chi connectivity index (χ3v) is 4.16. The number of hydrogen-bond donors (Lipinski definition) is 3. The van der Waals surface area contributed by atoms with Crippen LogP contribution in [0.2, 0.25) is 0 Å². The molecule has 3 amide bonds. The molecule has 8 nitrogen and oxygen atoms in total. The van der Waals surface area contributed by atoms with Crippen LogP contribution < -0.4 is 15.5 Å². The number of ether oxygens (including phenoxy) is 1. The van der Waals surface area contributed by atoms with Gasteiger partial charge >= 0.3 is 0 Å². The fourth-order valence-electron chi connectivity index (χ4n) is 2.72. The average Bonchev–Trinajstić information content (AvgIpc) is 2.63. The van der Waals surface area contributed by atoms with Crippen LogP contribution in [-0.2, 0) is 19.1 Å². The molecule has 142 valence electrons. The lowest BCUT2D eigenvalue weighted by Gasteiger charge is -2.28. The van der Waals surface area contributed by atoms with E-state index in [1.807, 2.05) is 6.92 Å². The van der Waals surface area contributed by atoms with E-state index >= 15 is 0 Å². The Morgan fingerprint density at radius 1 is 1.04 bits per heavy atom. The third-order valence-electron chi connectivity index (χ3n) is 4.16. The van der Waals surface area contributed by atoms with Crippen molar-refractivity contribution in [2.24, 2.45) is 0 Å². The van der Waals surface area contributed by atoms with Crippen LogP contribution in [0.5, 0.6) is 0 Å². The smallest absolute Gasteiger partial charge is 0.279 e. The van der Waals surface area contributed by atoms with Gasteiger partial charge in [-0.15, -0.1) is 0 Å². The van der Waals surface area contributed by atoms with E-state index in [9.17, 15) is 14.4 Å². The minimum Gasteiger partial charge on any atom is -0.378 e. The topological polar surface area (TPSA) is 92.2 Å². The third kappa shape index (κ3) is 6.45. The zero-order chi connectivity index (χ0) is 18.9. The summed E-state index contributed by atoms with van der Waals surface area (Å²) in [6.07, 6.45) is 0. The fraction of sp³-hybridized carbons (Fsp3) is 0.500. The molecule has 3 N–H and O–H groups in total. The van der Waals surface area contributed by atoms with E-state index in [1.54, 1.807) is 29.2 Å². The molecule has 2 rings (SSSR count). The number of quaternary nitrogens is 1. The zero-order valence-corrected chi connectivity index (χ0v) is 15.3. The molecule has 0 aromatic heterocycles. The van der Waals surface area contributed by atoms with E-state index in [1.165, 1.54) is 6.92 Å². The first-order valence-corrected chi connectivity index (χ1v) is 8.84. The number of hydrogen-bond acceptors (Lipinski definition) is 4. The van der Waals surface area contributed by atoms with Gasteiger partial charge in [-0.3, -0.25) is 14.4 Å². The summed E-state index contributed by atoms with van der Waals surface area (Å²) in [4.78, 5) is 38.3. The van der Waals surface area contributed by atoms with Crippen LogP contribution in [0.3, 0.4) is 0 Å². The molecule has 1 unspecified atom stereocenters. The molecule has 1 heterocycles. The van der Waals surface area contributed by atoms with E-state index < -0.39 is 0 Å². The van der Waals surface area contributed by atoms with Crippen molar-refractivity contribution >= 4 is 29.1 Å². The Bertz CT molecular complexity index is 627. The highest BCUT2D eigenvalue weighted by Crippen LogP contribution is 2.13. The van der Waals surface area contributed by atoms with Gasteiger partial charge in [-0.05, 0) is 31.2 Å². The number of nitrogens with zero attached hydrogens (tertiary/aromatic N) is 1. The van der Waals surface area contributed by atoms with Crippen LogP contribution in [0.15, 0.2) is 24.3 Å². The highest BCUT2D eigenvalue weighted by Gasteiger charge is 2.22. The number of carbonyl (C=O) groups is 3. The van der Waals surface area contributed by atoms with Crippen LogP contribution >= 0.6 is 0 Å². The van der Waals surface area contributed by atoms with Crippen LogP contribution in [0.25, 0.3) is 0 Å². The number of rotatable bonds is 7. The van der Waals surface area contributed by atoms with Crippen LogP contribution in [0, 0.1) is 0 Å². The maximum absolute atomic E-state index is 12.3. The number of amides is 3. The number of benzene rings is 1. The molecular weight excluding hydrogens is 336 g/mol. The summed E-state index contributed by atoms with van der Waals surface area (Å²) in [5, 5.41) is 5.50. The van der Waals surface area contributed by atoms with Crippen LogP contribution in [0.1, 0.15) is 13.8 Å². The van der Waals surface area contributed by atoms with Gasteiger partial charge in [0.1, 0.15) is 0 Å². The van der Waals surface area contributed by atoms with Crippen molar-refractivity contribution in [3.05, 3.63) is 24.3 Å². The van der Waals surface area contributed by atoms with Gasteiger partial charge in [0.05, 0.1) is 19.8 Å². The fourth-order valence-corrected chi connectivity index (χ4v) is 2.72. The van der Waals surface area contributed by atoms with Gasteiger partial charge in [0.2, 0.25) is 5.91 Å². The van der Waals surface area contributed by atoms with E-state index in [-0.39, 0.29) is 24.3 Å². The molecule has 8 heteroatoms. The van der Waals surface area contributed by atoms with Crippen LogP contribution in [0.4, 0.5) is 11.4 Å². The second-order valence-corrected chi connectivity index (χ2v) is 6.26. The molecule has 0 bridgehead atoms. The number of nitrogens with one attached hydrogen (secondary N) is 3. The molecular formula is C18H27N4O4+. The van der Waals surface area contributed by atoms with Gasteiger partial charge < -0.3 is 25.2 Å². The molecule has 0 saturated carbocycles. The largest absolute Gasteiger partial charge is 0.378 e. The summed E-state index contributed by atoms with van der Waals surface area (Å²) in [6.45, 7) is 6.97. The van der Waals surface area contributed by atoms with Gasteiger partial charge in [0, 0.05) is 31.4 Å². The van der Waals surface area contributed by atoms with Gasteiger partial charge in [-0.1, -0.05) is 0 Å². The highest BCUT2D eigenvalue weighted by molar-refractivity contribution is 5.92. The quantitative estimate of drug-likeness (QED) is 0.600. The molecule has 0 spiro atoms. The van der Waals surface area contributed by atoms with Crippen molar-refractivity contribution in [1.29, 1.82) is 0 Å². The standard InChI is InChI=1S/C18H26N4O4/c1-3-21(13-18(25)22-8-10-26-11-9-22)12-17(24)20-16-6-4-15(5-7-16)19-14(2)23/h4-7H,3,8-13H2,1-2H3,(H,19,23)(H,20,24)/p+1. The lowest BCUT2D eigenvalue weighted by molar-refractivity contribution is -0.882. The van der Waals surface area contributed by atoms with Gasteiger partial charge in [0.25, 0.3) is 11.8 Å². The summed E-state index contributed by atoms with van der Waals surface area (Å²) in [5.74, 6) is -0.240. The Hall–Kier alpha value is -2.45. The Labute approximate surface area is 153 Å². The predicted octanol–water partition coefficient (Wildman–Crippen LogP) is -0.653. The molecule has 1 saturated heterocycles. The minimum atomic E-state index is -0.149. The monoisotopic (exact) mass is 363 g/mol. The van der Waals surface area contributed by atoms with Crippen LogP contribution in [-0.4, -0.2) is 68.6 Å². The number of likely N-dealkylation sites (N-methyl/N-ethyl adjacent to an activating group) is 1. The van der Waals surface area contributed by atoms with E-state index in [2.05, 4.69) is 10.6 Å². The molecule has 1 aliphatic heterocycles. The predicted molar refractivity (Wildman–Crippen MR) is 98.0 cm³/mol. The summed E-state index contributed by atoms with van der Waals surface area (Å²) >= 11 is 0. The first-order chi connectivity index (χ1) is 12.5. The van der Waals surface area contributed by atoms with Crippen molar-refractivity contribution in [3.8, 4) is 0 Å². The Balaban J connectivity index is 1.82. The number of carbonyl (C=O) groups excluding carboxylic acids is 3. The second kappa shape index (κ2) is 9.88. The number of anilines is 2. The summed E-state index contributed by atoms with van der Waals surface area (Å²) in [5.41, 5.74) is 1.33. The van der Waals surface area contributed by atoms with E-state index in [0.717, 1.165) is 4.90 Å². The van der Waals surface area contributed by atoms with Crippen molar-refractivity contribution < 1.29 is 24.0 Å². The molecule has 1 atom stereocenters. The Kier molecular flexibility index (Phi) is 7.55. The normalized spacial score (nSPS) is 15.2. The highest BCUT2D eigenvalue weighted by atomic mass is 16.5. The minimum absolute atomic E-state index is 0.0533. The summed E-state index contributed by atoms with van der Waals surface area (Å²) in [7, 11) is 0. The molecule has 1 aliphatic rings. The van der Waals surface area contributed by atoms with E-state index in [0.29, 0.717) is 50.8 Å². The molecule has 1 aromatic rings. The van der Waals surface area contributed by atoms with Crippen molar-refractivity contribution in [2.75, 3.05) is 56.6 Å². The van der Waals surface area contributed by atoms with Crippen molar-refractivity contribution in [1.82, 2.24) is 4.90 Å². The second-order valence-electron chi connectivity index (χ2n) is 6.26. The lowest BCUT2D eigenvalue weighted by Crippen LogP contribution is -3.14. The average molecular weight is 363 g/mol.